The summed E-state index contributed by atoms with van der Waals surface area (Å²) in [7, 11) is 0. The van der Waals surface area contributed by atoms with Gasteiger partial charge in [-0.25, -0.2) is 5.43 Å². The van der Waals surface area contributed by atoms with E-state index in [1.165, 1.54) is 0 Å². The van der Waals surface area contributed by atoms with Crippen molar-refractivity contribution in [2.75, 3.05) is 0 Å². The Kier molecular flexibility index (Phi) is 5.61. The number of hydrogen-bond acceptors (Lipinski definition) is 3. The summed E-state index contributed by atoms with van der Waals surface area (Å²) < 4.78 is 0. The van der Waals surface area contributed by atoms with Gasteiger partial charge in [0.05, 0.1) is 21.5 Å². The SMILES string of the molecule is C/C(=N\NC(=O)c1cc(-c2ccc(Cl)cc2)n[nH]1)c1ccc(Cl)c(Cl)c1. The Balaban J connectivity index is 1.72. The van der Waals surface area contributed by atoms with Crippen LogP contribution < -0.4 is 5.43 Å². The van der Waals surface area contributed by atoms with E-state index in [4.69, 9.17) is 34.8 Å². The topological polar surface area (TPSA) is 70.1 Å². The number of hydrazone groups is 1. The van der Waals surface area contributed by atoms with Crippen molar-refractivity contribution < 1.29 is 4.79 Å². The molecule has 1 aromatic heterocycles. The molecule has 0 saturated carbocycles. The molecule has 3 rings (SSSR count). The molecule has 2 aromatic carbocycles. The number of carbonyl (C=O) groups excluding carboxylic acids is 1. The fourth-order valence-corrected chi connectivity index (χ4v) is 2.61. The molecule has 0 aliphatic carbocycles. The first-order chi connectivity index (χ1) is 12.4. The lowest BCUT2D eigenvalue weighted by Crippen LogP contribution is -2.19. The summed E-state index contributed by atoms with van der Waals surface area (Å²) >= 11 is 17.8. The molecule has 0 radical (unpaired) electrons. The van der Waals surface area contributed by atoms with Gasteiger partial charge >= 0.3 is 0 Å². The molecular weight excluding hydrogens is 395 g/mol. The van der Waals surface area contributed by atoms with Crippen molar-refractivity contribution in [2.45, 2.75) is 6.92 Å². The van der Waals surface area contributed by atoms with Gasteiger partial charge in [-0.05, 0) is 42.8 Å². The first-order valence-corrected chi connectivity index (χ1v) is 8.69. The summed E-state index contributed by atoms with van der Waals surface area (Å²) in [5, 5.41) is 12.4. The van der Waals surface area contributed by atoms with Gasteiger partial charge in [0.25, 0.3) is 5.91 Å². The highest BCUT2D eigenvalue weighted by atomic mass is 35.5. The monoisotopic (exact) mass is 406 g/mol. The third kappa shape index (κ3) is 4.25. The van der Waals surface area contributed by atoms with Crippen LogP contribution in [-0.2, 0) is 0 Å². The Morgan fingerprint density at radius 2 is 1.77 bits per heavy atom. The Bertz CT molecular complexity index is 980. The highest BCUT2D eigenvalue weighted by Crippen LogP contribution is 2.23. The lowest BCUT2D eigenvalue weighted by molar-refractivity contribution is 0.0950. The maximum Gasteiger partial charge on any atom is 0.289 e. The summed E-state index contributed by atoms with van der Waals surface area (Å²) in [6, 6.07) is 13.9. The van der Waals surface area contributed by atoms with Crippen LogP contribution in [0.3, 0.4) is 0 Å². The van der Waals surface area contributed by atoms with Crippen LogP contribution in [0.15, 0.2) is 53.6 Å². The number of aromatic nitrogens is 2. The second kappa shape index (κ2) is 7.91. The van der Waals surface area contributed by atoms with Gasteiger partial charge in [-0.15, -0.1) is 0 Å². The van der Waals surface area contributed by atoms with Crippen LogP contribution in [0, 0.1) is 0 Å². The molecule has 5 nitrogen and oxygen atoms in total. The number of nitrogens with one attached hydrogen (secondary N) is 2. The van der Waals surface area contributed by atoms with Crippen molar-refractivity contribution in [1.29, 1.82) is 0 Å². The molecule has 0 saturated heterocycles. The Labute approximate surface area is 165 Å². The van der Waals surface area contributed by atoms with Gasteiger partial charge < -0.3 is 0 Å². The van der Waals surface area contributed by atoms with Crippen LogP contribution in [0.1, 0.15) is 23.0 Å². The maximum atomic E-state index is 12.2. The lowest BCUT2D eigenvalue weighted by Gasteiger charge is -2.03. The number of amides is 1. The van der Waals surface area contributed by atoms with Crippen molar-refractivity contribution in [1.82, 2.24) is 15.6 Å². The minimum absolute atomic E-state index is 0.292. The van der Waals surface area contributed by atoms with E-state index in [2.05, 4.69) is 20.7 Å². The second-order valence-electron chi connectivity index (χ2n) is 5.44. The summed E-state index contributed by atoms with van der Waals surface area (Å²) in [5.41, 5.74) is 5.61. The quantitative estimate of drug-likeness (QED) is 0.461. The van der Waals surface area contributed by atoms with Crippen molar-refractivity contribution in [3.05, 3.63) is 74.9 Å². The first kappa shape index (κ1) is 18.5. The van der Waals surface area contributed by atoms with Crippen LogP contribution in [0.25, 0.3) is 11.3 Å². The maximum absolute atomic E-state index is 12.2. The number of nitrogens with zero attached hydrogens (tertiary/aromatic N) is 2. The van der Waals surface area contributed by atoms with E-state index >= 15 is 0 Å². The van der Waals surface area contributed by atoms with E-state index in [1.54, 1.807) is 43.3 Å². The molecule has 0 spiro atoms. The number of halogens is 3. The average Bonchev–Trinajstić information content (AvgIpc) is 3.12. The smallest absolute Gasteiger partial charge is 0.272 e. The molecule has 1 heterocycles. The standard InChI is InChI=1S/C18H13Cl3N4O/c1-10(12-4-7-14(20)15(21)8-12)22-25-18(26)17-9-16(23-24-17)11-2-5-13(19)6-3-11/h2-9H,1H3,(H,23,24)(H,25,26)/b22-10+. The highest BCUT2D eigenvalue weighted by Gasteiger charge is 2.11. The van der Waals surface area contributed by atoms with Crippen LogP contribution in [0.5, 0.6) is 0 Å². The minimum Gasteiger partial charge on any atom is -0.272 e. The summed E-state index contributed by atoms with van der Waals surface area (Å²) in [6.45, 7) is 1.76. The number of benzene rings is 2. The van der Waals surface area contributed by atoms with E-state index in [-0.39, 0.29) is 0 Å². The van der Waals surface area contributed by atoms with Crippen LogP contribution >= 0.6 is 34.8 Å². The number of H-pyrrole nitrogens is 1. The predicted molar refractivity (Wildman–Crippen MR) is 105 cm³/mol. The van der Waals surface area contributed by atoms with E-state index in [1.807, 2.05) is 12.1 Å². The Hall–Kier alpha value is -2.34. The van der Waals surface area contributed by atoms with Gasteiger partial charge in [-0.2, -0.15) is 10.2 Å². The predicted octanol–water partition coefficient (Wildman–Crippen LogP) is 5.19. The van der Waals surface area contributed by atoms with Gasteiger partial charge in [0, 0.05) is 10.6 Å². The number of rotatable bonds is 4. The Morgan fingerprint density at radius 3 is 2.46 bits per heavy atom. The largest absolute Gasteiger partial charge is 0.289 e. The van der Waals surface area contributed by atoms with E-state index in [9.17, 15) is 4.79 Å². The zero-order chi connectivity index (χ0) is 18.7. The zero-order valence-electron chi connectivity index (χ0n) is 13.6. The molecule has 2 N–H and O–H groups in total. The van der Waals surface area contributed by atoms with Gasteiger partial charge in [0.15, 0.2) is 0 Å². The molecule has 26 heavy (non-hydrogen) atoms. The van der Waals surface area contributed by atoms with E-state index in [0.717, 1.165) is 11.1 Å². The number of aromatic amines is 1. The molecule has 0 aliphatic heterocycles. The number of carbonyl (C=O) groups is 1. The number of hydrogen-bond donors (Lipinski definition) is 2. The van der Waals surface area contributed by atoms with Crippen LogP contribution in [0.2, 0.25) is 15.1 Å². The van der Waals surface area contributed by atoms with Crippen LogP contribution in [-0.4, -0.2) is 21.8 Å². The molecular formula is C18H13Cl3N4O. The van der Waals surface area contributed by atoms with Gasteiger partial charge in [0.2, 0.25) is 0 Å². The molecule has 0 aliphatic rings. The van der Waals surface area contributed by atoms with Crippen molar-refractivity contribution in [3.63, 3.8) is 0 Å². The molecule has 0 fully saturated rings. The van der Waals surface area contributed by atoms with Crippen molar-refractivity contribution in [2.24, 2.45) is 5.10 Å². The molecule has 8 heteroatoms. The molecule has 0 unspecified atom stereocenters. The summed E-state index contributed by atoms with van der Waals surface area (Å²) in [4.78, 5) is 12.2. The zero-order valence-corrected chi connectivity index (χ0v) is 15.8. The van der Waals surface area contributed by atoms with Crippen molar-refractivity contribution in [3.8, 4) is 11.3 Å². The molecule has 0 atom stereocenters. The molecule has 3 aromatic rings. The van der Waals surface area contributed by atoms with Crippen LogP contribution in [0.4, 0.5) is 0 Å². The average molecular weight is 408 g/mol. The second-order valence-corrected chi connectivity index (χ2v) is 6.69. The third-order valence-corrected chi connectivity index (χ3v) is 4.62. The normalized spacial score (nSPS) is 11.5. The van der Waals surface area contributed by atoms with Crippen molar-refractivity contribution >= 4 is 46.4 Å². The summed E-state index contributed by atoms with van der Waals surface area (Å²) in [5.74, 6) is -0.405. The fourth-order valence-electron chi connectivity index (χ4n) is 2.19. The van der Waals surface area contributed by atoms with Gasteiger partial charge in [-0.1, -0.05) is 53.0 Å². The third-order valence-electron chi connectivity index (χ3n) is 3.63. The minimum atomic E-state index is -0.405. The summed E-state index contributed by atoms with van der Waals surface area (Å²) in [6.07, 6.45) is 0. The fraction of sp³-hybridized carbons (Fsp3) is 0.0556. The van der Waals surface area contributed by atoms with Gasteiger partial charge in [0.1, 0.15) is 5.69 Å². The van der Waals surface area contributed by atoms with Gasteiger partial charge in [-0.3, -0.25) is 9.89 Å². The lowest BCUT2D eigenvalue weighted by atomic mass is 10.1. The van der Waals surface area contributed by atoms with E-state index < -0.39 is 5.91 Å². The highest BCUT2D eigenvalue weighted by molar-refractivity contribution is 6.42. The molecule has 1 amide bonds. The molecule has 0 bridgehead atoms. The van der Waals surface area contributed by atoms with E-state index in [0.29, 0.717) is 32.2 Å². The first-order valence-electron chi connectivity index (χ1n) is 7.55. The molecule has 132 valence electrons. The Morgan fingerprint density at radius 1 is 1.04 bits per heavy atom.